The lowest BCUT2D eigenvalue weighted by atomic mass is 10.1. The van der Waals surface area contributed by atoms with Crippen molar-refractivity contribution in [3.63, 3.8) is 0 Å². The van der Waals surface area contributed by atoms with Crippen molar-refractivity contribution in [2.45, 2.75) is 0 Å². The molecule has 0 saturated heterocycles. The Hall–Kier alpha value is -1.89. The number of nitrogens with two attached hydrogens (primary N) is 1. The van der Waals surface area contributed by atoms with E-state index in [1.807, 2.05) is 30.1 Å². The SMILES string of the molecule is CN(c1cc(Cl)c(Cl)cc1N)c1ccccc1C#N. The van der Waals surface area contributed by atoms with E-state index in [4.69, 9.17) is 34.2 Å². The second-order valence-electron chi connectivity index (χ2n) is 4.01. The lowest BCUT2D eigenvalue weighted by Gasteiger charge is -2.22. The minimum Gasteiger partial charge on any atom is -0.397 e. The largest absolute Gasteiger partial charge is 0.397 e. The summed E-state index contributed by atoms with van der Waals surface area (Å²) in [7, 11) is 1.83. The molecule has 0 aliphatic carbocycles. The van der Waals surface area contributed by atoms with Crippen LogP contribution in [0.1, 0.15) is 5.56 Å². The van der Waals surface area contributed by atoms with Gasteiger partial charge in [0, 0.05) is 7.05 Å². The monoisotopic (exact) mass is 291 g/mol. The first kappa shape index (κ1) is 13.5. The molecule has 0 spiro atoms. The summed E-state index contributed by atoms with van der Waals surface area (Å²) in [6.07, 6.45) is 0. The lowest BCUT2D eigenvalue weighted by molar-refractivity contribution is 1.20. The van der Waals surface area contributed by atoms with Crippen molar-refractivity contribution >= 4 is 40.3 Å². The molecule has 0 unspecified atom stereocenters. The summed E-state index contributed by atoms with van der Waals surface area (Å²) in [5.74, 6) is 0. The van der Waals surface area contributed by atoms with Crippen molar-refractivity contribution < 1.29 is 0 Å². The number of nitriles is 1. The van der Waals surface area contributed by atoms with Crippen LogP contribution in [0.3, 0.4) is 0 Å². The third kappa shape index (κ3) is 2.60. The number of hydrogen-bond acceptors (Lipinski definition) is 3. The molecule has 2 rings (SSSR count). The fourth-order valence-electron chi connectivity index (χ4n) is 1.83. The number of nitrogens with zero attached hydrogens (tertiary/aromatic N) is 2. The average Bonchev–Trinajstić information content (AvgIpc) is 2.42. The van der Waals surface area contributed by atoms with Gasteiger partial charge in [-0.15, -0.1) is 0 Å². The molecule has 2 aromatic carbocycles. The highest BCUT2D eigenvalue weighted by Gasteiger charge is 2.13. The summed E-state index contributed by atoms with van der Waals surface area (Å²) in [6, 6.07) is 12.7. The molecule has 0 aliphatic rings. The molecular formula is C14H11Cl2N3. The fourth-order valence-corrected chi connectivity index (χ4v) is 2.16. The predicted molar refractivity (Wildman–Crippen MR) is 80.1 cm³/mol. The highest BCUT2D eigenvalue weighted by molar-refractivity contribution is 6.42. The van der Waals surface area contributed by atoms with Gasteiger partial charge in [-0.1, -0.05) is 35.3 Å². The Morgan fingerprint density at radius 1 is 1.11 bits per heavy atom. The highest BCUT2D eigenvalue weighted by Crippen LogP contribution is 2.36. The zero-order valence-corrected chi connectivity index (χ0v) is 11.7. The van der Waals surface area contributed by atoms with Crippen LogP contribution in [-0.4, -0.2) is 7.05 Å². The van der Waals surface area contributed by atoms with Gasteiger partial charge in [0.05, 0.1) is 32.7 Å². The summed E-state index contributed by atoms with van der Waals surface area (Å²) in [5.41, 5.74) is 8.49. The number of halogens is 2. The van der Waals surface area contributed by atoms with Crippen LogP contribution in [0.2, 0.25) is 10.0 Å². The fraction of sp³-hybridized carbons (Fsp3) is 0.0714. The first-order valence-electron chi connectivity index (χ1n) is 5.52. The number of benzene rings is 2. The van der Waals surface area contributed by atoms with Gasteiger partial charge in [0.15, 0.2) is 0 Å². The van der Waals surface area contributed by atoms with Gasteiger partial charge in [-0.2, -0.15) is 5.26 Å². The number of hydrogen-bond donors (Lipinski definition) is 1. The van der Waals surface area contributed by atoms with E-state index in [2.05, 4.69) is 6.07 Å². The summed E-state index contributed by atoms with van der Waals surface area (Å²) in [4.78, 5) is 1.82. The van der Waals surface area contributed by atoms with Crippen molar-refractivity contribution in [2.75, 3.05) is 17.7 Å². The van der Waals surface area contributed by atoms with E-state index in [1.54, 1.807) is 18.2 Å². The zero-order valence-electron chi connectivity index (χ0n) is 10.2. The zero-order chi connectivity index (χ0) is 14.0. The third-order valence-electron chi connectivity index (χ3n) is 2.82. The molecule has 2 N–H and O–H groups in total. The lowest BCUT2D eigenvalue weighted by Crippen LogP contribution is -2.13. The molecule has 0 amide bonds. The van der Waals surface area contributed by atoms with E-state index in [0.717, 1.165) is 5.69 Å². The van der Waals surface area contributed by atoms with E-state index in [0.29, 0.717) is 27.0 Å². The Bertz CT molecular complexity index is 662. The van der Waals surface area contributed by atoms with Crippen LogP contribution >= 0.6 is 23.2 Å². The van der Waals surface area contributed by atoms with Crippen LogP contribution < -0.4 is 10.6 Å². The van der Waals surface area contributed by atoms with Crippen LogP contribution in [0.4, 0.5) is 17.1 Å². The maximum atomic E-state index is 9.13. The Kier molecular flexibility index (Phi) is 3.84. The maximum absolute atomic E-state index is 9.13. The Morgan fingerprint density at radius 2 is 1.74 bits per heavy atom. The number of rotatable bonds is 2. The highest BCUT2D eigenvalue weighted by atomic mass is 35.5. The molecule has 0 fully saturated rings. The van der Waals surface area contributed by atoms with Crippen molar-refractivity contribution in [1.82, 2.24) is 0 Å². The first-order chi connectivity index (χ1) is 9.04. The van der Waals surface area contributed by atoms with Crippen LogP contribution in [0.15, 0.2) is 36.4 Å². The standard InChI is InChI=1S/C14H11Cl2N3/c1-19(13-5-3-2-4-9(13)8-17)14-7-11(16)10(15)6-12(14)18/h2-7H,18H2,1H3. The van der Waals surface area contributed by atoms with E-state index >= 15 is 0 Å². The first-order valence-corrected chi connectivity index (χ1v) is 6.27. The second kappa shape index (κ2) is 5.40. The molecule has 0 radical (unpaired) electrons. The van der Waals surface area contributed by atoms with Crippen LogP contribution in [0, 0.1) is 11.3 Å². The van der Waals surface area contributed by atoms with E-state index in [9.17, 15) is 0 Å². The van der Waals surface area contributed by atoms with Gasteiger partial charge in [-0.25, -0.2) is 0 Å². The van der Waals surface area contributed by atoms with Crippen LogP contribution in [0.5, 0.6) is 0 Å². The number of para-hydroxylation sites is 1. The van der Waals surface area contributed by atoms with Gasteiger partial charge >= 0.3 is 0 Å². The maximum Gasteiger partial charge on any atom is 0.101 e. The van der Waals surface area contributed by atoms with Gasteiger partial charge < -0.3 is 10.6 Å². The molecule has 3 nitrogen and oxygen atoms in total. The van der Waals surface area contributed by atoms with E-state index in [1.165, 1.54) is 0 Å². The van der Waals surface area contributed by atoms with Crippen molar-refractivity contribution in [3.8, 4) is 6.07 Å². The van der Waals surface area contributed by atoms with E-state index < -0.39 is 0 Å². The normalized spacial score (nSPS) is 10.0. The summed E-state index contributed by atoms with van der Waals surface area (Å²) >= 11 is 11.9. The summed E-state index contributed by atoms with van der Waals surface area (Å²) in [5, 5.41) is 9.96. The van der Waals surface area contributed by atoms with Crippen molar-refractivity contribution in [3.05, 3.63) is 52.0 Å². The van der Waals surface area contributed by atoms with Crippen LogP contribution in [-0.2, 0) is 0 Å². The third-order valence-corrected chi connectivity index (χ3v) is 3.54. The summed E-state index contributed by atoms with van der Waals surface area (Å²) < 4.78 is 0. The van der Waals surface area contributed by atoms with E-state index in [-0.39, 0.29) is 0 Å². The van der Waals surface area contributed by atoms with Gasteiger partial charge in [0.1, 0.15) is 6.07 Å². The molecule has 0 aliphatic heterocycles. The molecule has 2 aromatic rings. The van der Waals surface area contributed by atoms with Crippen molar-refractivity contribution in [2.24, 2.45) is 0 Å². The van der Waals surface area contributed by atoms with Gasteiger partial charge in [0.2, 0.25) is 0 Å². The van der Waals surface area contributed by atoms with Gasteiger partial charge in [-0.05, 0) is 24.3 Å². The molecule has 19 heavy (non-hydrogen) atoms. The molecule has 96 valence electrons. The smallest absolute Gasteiger partial charge is 0.101 e. The number of anilines is 3. The quantitative estimate of drug-likeness (QED) is 0.843. The minimum atomic E-state index is 0.407. The Labute approximate surface area is 121 Å². The molecular weight excluding hydrogens is 281 g/mol. The van der Waals surface area contributed by atoms with Crippen LogP contribution in [0.25, 0.3) is 0 Å². The minimum absolute atomic E-state index is 0.407. The van der Waals surface area contributed by atoms with Gasteiger partial charge in [-0.3, -0.25) is 0 Å². The number of nitrogen functional groups attached to an aromatic ring is 1. The van der Waals surface area contributed by atoms with Gasteiger partial charge in [0.25, 0.3) is 0 Å². The average molecular weight is 292 g/mol. The molecule has 0 heterocycles. The topological polar surface area (TPSA) is 53.0 Å². The predicted octanol–water partition coefficient (Wildman–Crippen LogP) is 4.22. The Morgan fingerprint density at radius 3 is 2.42 bits per heavy atom. The van der Waals surface area contributed by atoms with Crippen molar-refractivity contribution in [1.29, 1.82) is 5.26 Å². The molecule has 5 heteroatoms. The Balaban J connectivity index is 2.54. The second-order valence-corrected chi connectivity index (χ2v) is 4.83. The summed E-state index contributed by atoms with van der Waals surface area (Å²) in [6.45, 7) is 0. The molecule has 0 aromatic heterocycles. The molecule has 0 atom stereocenters. The molecule has 0 bridgehead atoms. The molecule has 0 saturated carbocycles.